The minimum Gasteiger partial charge on any atom is -0.387 e. The zero-order valence-electron chi connectivity index (χ0n) is 10.0. The molecular weight excluding hydrogens is 222 g/mol. The van der Waals surface area contributed by atoms with E-state index in [-0.39, 0.29) is 0 Å². The molecule has 0 saturated carbocycles. The molecule has 0 aromatic heterocycles. The second kappa shape index (κ2) is 6.13. The standard InChI is InChI=1S/C13H16F2N2/c1-3-5-13(16)17-12(4-2)9-6-7-10(14)11(15)8-9/h4,6-8H,3,5H2,1-2H3,(H2,16,17)/b12-4-. The monoisotopic (exact) mass is 238 g/mol. The lowest BCUT2D eigenvalue weighted by Gasteiger charge is -2.04. The van der Waals surface area contributed by atoms with E-state index in [1.807, 2.05) is 6.92 Å². The molecule has 0 unspecified atom stereocenters. The van der Waals surface area contributed by atoms with Crippen molar-refractivity contribution in [3.63, 3.8) is 0 Å². The zero-order valence-corrected chi connectivity index (χ0v) is 10.0. The molecule has 0 aliphatic heterocycles. The number of rotatable bonds is 4. The van der Waals surface area contributed by atoms with Gasteiger partial charge in [-0.25, -0.2) is 13.8 Å². The molecule has 0 fully saturated rings. The fraction of sp³-hybridized carbons (Fsp3) is 0.308. The molecule has 92 valence electrons. The summed E-state index contributed by atoms with van der Waals surface area (Å²) in [6.45, 7) is 3.77. The summed E-state index contributed by atoms with van der Waals surface area (Å²) in [5.41, 5.74) is 6.78. The number of halogens is 2. The van der Waals surface area contributed by atoms with E-state index in [0.29, 0.717) is 23.5 Å². The van der Waals surface area contributed by atoms with Crippen LogP contribution in [0.15, 0.2) is 29.3 Å². The first kappa shape index (κ1) is 13.4. The molecule has 1 aromatic rings. The van der Waals surface area contributed by atoms with Gasteiger partial charge in [0.05, 0.1) is 11.5 Å². The Hall–Kier alpha value is -1.71. The molecule has 0 radical (unpaired) electrons. The molecule has 0 aliphatic carbocycles. The molecule has 0 spiro atoms. The Morgan fingerprint density at radius 1 is 1.35 bits per heavy atom. The van der Waals surface area contributed by atoms with Crippen LogP contribution < -0.4 is 5.73 Å². The molecule has 0 heterocycles. The lowest BCUT2D eigenvalue weighted by Crippen LogP contribution is -2.10. The first-order valence-corrected chi connectivity index (χ1v) is 5.53. The molecule has 0 saturated heterocycles. The van der Waals surface area contributed by atoms with E-state index in [0.717, 1.165) is 18.6 Å². The number of nitrogens with zero attached hydrogens (tertiary/aromatic N) is 1. The molecule has 4 heteroatoms. The SMILES string of the molecule is C/C=C(\N=C(N)CCC)c1ccc(F)c(F)c1. The highest BCUT2D eigenvalue weighted by Gasteiger charge is 2.06. The van der Waals surface area contributed by atoms with Crippen LogP contribution in [0.2, 0.25) is 0 Å². The summed E-state index contributed by atoms with van der Waals surface area (Å²) >= 11 is 0. The van der Waals surface area contributed by atoms with Crippen LogP contribution in [0.3, 0.4) is 0 Å². The molecular formula is C13H16F2N2. The Balaban J connectivity index is 3.03. The number of amidine groups is 1. The first-order chi connectivity index (χ1) is 8.08. The van der Waals surface area contributed by atoms with Gasteiger partial charge in [-0.3, -0.25) is 0 Å². The second-order valence-corrected chi connectivity index (χ2v) is 3.66. The van der Waals surface area contributed by atoms with Crippen LogP contribution in [-0.4, -0.2) is 5.84 Å². The van der Waals surface area contributed by atoms with Crippen LogP contribution >= 0.6 is 0 Å². The Morgan fingerprint density at radius 3 is 2.59 bits per heavy atom. The average Bonchev–Trinajstić information content (AvgIpc) is 2.30. The van der Waals surface area contributed by atoms with Crippen molar-refractivity contribution in [1.29, 1.82) is 0 Å². The quantitative estimate of drug-likeness (QED) is 0.633. The summed E-state index contributed by atoms with van der Waals surface area (Å²) in [5, 5.41) is 0. The number of hydrogen-bond donors (Lipinski definition) is 1. The minimum absolute atomic E-state index is 0.491. The average molecular weight is 238 g/mol. The molecule has 0 aliphatic rings. The minimum atomic E-state index is -0.883. The molecule has 0 amide bonds. The smallest absolute Gasteiger partial charge is 0.159 e. The third-order valence-corrected chi connectivity index (χ3v) is 2.26. The van der Waals surface area contributed by atoms with Gasteiger partial charge in [-0.1, -0.05) is 13.0 Å². The van der Waals surface area contributed by atoms with Gasteiger partial charge in [-0.15, -0.1) is 0 Å². The Labute approximate surface area is 99.9 Å². The predicted octanol–water partition coefficient (Wildman–Crippen LogP) is 3.48. The molecule has 1 aromatic carbocycles. The third kappa shape index (κ3) is 3.66. The highest BCUT2D eigenvalue weighted by atomic mass is 19.2. The summed E-state index contributed by atoms with van der Waals surface area (Å²) in [5.74, 6) is -1.26. The lowest BCUT2D eigenvalue weighted by atomic mass is 10.1. The summed E-state index contributed by atoms with van der Waals surface area (Å²) in [6.07, 6.45) is 3.29. The summed E-state index contributed by atoms with van der Waals surface area (Å²) < 4.78 is 25.9. The van der Waals surface area contributed by atoms with Crippen molar-refractivity contribution in [3.05, 3.63) is 41.5 Å². The Morgan fingerprint density at radius 2 is 2.06 bits per heavy atom. The van der Waals surface area contributed by atoms with Gasteiger partial charge in [0.25, 0.3) is 0 Å². The van der Waals surface area contributed by atoms with E-state index in [1.165, 1.54) is 6.07 Å². The van der Waals surface area contributed by atoms with E-state index in [4.69, 9.17) is 5.73 Å². The van der Waals surface area contributed by atoms with Crippen LogP contribution in [0.5, 0.6) is 0 Å². The van der Waals surface area contributed by atoms with Crippen molar-refractivity contribution in [2.24, 2.45) is 10.7 Å². The van der Waals surface area contributed by atoms with Crippen molar-refractivity contribution in [1.82, 2.24) is 0 Å². The lowest BCUT2D eigenvalue weighted by molar-refractivity contribution is 0.508. The molecule has 2 nitrogen and oxygen atoms in total. The molecule has 1 rings (SSSR count). The van der Waals surface area contributed by atoms with Gasteiger partial charge in [0.15, 0.2) is 11.6 Å². The van der Waals surface area contributed by atoms with E-state index >= 15 is 0 Å². The van der Waals surface area contributed by atoms with E-state index in [2.05, 4.69) is 4.99 Å². The zero-order chi connectivity index (χ0) is 12.8. The largest absolute Gasteiger partial charge is 0.387 e. The van der Waals surface area contributed by atoms with Crippen molar-refractivity contribution in [2.75, 3.05) is 0 Å². The van der Waals surface area contributed by atoms with Crippen molar-refractivity contribution in [2.45, 2.75) is 26.7 Å². The van der Waals surface area contributed by atoms with Gasteiger partial charge in [-0.2, -0.15) is 0 Å². The fourth-order valence-electron chi connectivity index (χ4n) is 1.42. The van der Waals surface area contributed by atoms with Crippen LogP contribution in [0, 0.1) is 11.6 Å². The van der Waals surface area contributed by atoms with Gasteiger partial charge in [0.1, 0.15) is 0 Å². The highest BCUT2D eigenvalue weighted by Crippen LogP contribution is 2.18. The number of benzene rings is 1. The maximum atomic E-state index is 13.1. The number of aliphatic imine (C=N–C) groups is 1. The molecule has 17 heavy (non-hydrogen) atoms. The Bertz CT molecular complexity index is 451. The van der Waals surface area contributed by atoms with E-state index < -0.39 is 11.6 Å². The highest BCUT2D eigenvalue weighted by molar-refractivity contribution is 5.86. The number of nitrogens with two attached hydrogens (primary N) is 1. The first-order valence-electron chi connectivity index (χ1n) is 5.53. The van der Waals surface area contributed by atoms with Gasteiger partial charge >= 0.3 is 0 Å². The molecule has 2 N–H and O–H groups in total. The van der Waals surface area contributed by atoms with Crippen LogP contribution in [0.25, 0.3) is 5.70 Å². The summed E-state index contributed by atoms with van der Waals surface area (Å²) in [6, 6.07) is 3.68. The number of allylic oxidation sites excluding steroid dienone is 1. The predicted molar refractivity (Wildman–Crippen MR) is 66.5 cm³/mol. The van der Waals surface area contributed by atoms with Gasteiger partial charge in [0, 0.05) is 12.0 Å². The molecule has 0 atom stereocenters. The third-order valence-electron chi connectivity index (χ3n) is 2.26. The number of hydrogen-bond acceptors (Lipinski definition) is 1. The van der Waals surface area contributed by atoms with Crippen LogP contribution in [0.1, 0.15) is 32.3 Å². The normalized spacial score (nSPS) is 12.9. The topological polar surface area (TPSA) is 38.4 Å². The van der Waals surface area contributed by atoms with E-state index in [9.17, 15) is 8.78 Å². The fourth-order valence-corrected chi connectivity index (χ4v) is 1.42. The summed E-state index contributed by atoms with van der Waals surface area (Å²) in [4.78, 5) is 4.19. The maximum Gasteiger partial charge on any atom is 0.159 e. The maximum absolute atomic E-state index is 13.1. The van der Waals surface area contributed by atoms with Gasteiger partial charge < -0.3 is 5.73 Å². The van der Waals surface area contributed by atoms with Crippen molar-refractivity contribution < 1.29 is 8.78 Å². The van der Waals surface area contributed by atoms with Gasteiger partial charge in [-0.05, 0) is 31.5 Å². The van der Waals surface area contributed by atoms with Gasteiger partial charge in [0.2, 0.25) is 0 Å². The second-order valence-electron chi connectivity index (χ2n) is 3.66. The van der Waals surface area contributed by atoms with Crippen molar-refractivity contribution in [3.8, 4) is 0 Å². The molecule has 0 bridgehead atoms. The Kier molecular flexibility index (Phi) is 4.82. The van der Waals surface area contributed by atoms with Crippen LogP contribution in [-0.2, 0) is 0 Å². The van der Waals surface area contributed by atoms with E-state index in [1.54, 1.807) is 13.0 Å². The van der Waals surface area contributed by atoms with Crippen molar-refractivity contribution >= 4 is 11.5 Å². The van der Waals surface area contributed by atoms with Crippen LogP contribution in [0.4, 0.5) is 8.78 Å². The summed E-state index contributed by atoms with van der Waals surface area (Å²) in [7, 11) is 0.